The fourth-order valence-electron chi connectivity index (χ4n) is 3.22. The lowest BCUT2D eigenvalue weighted by Crippen LogP contribution is -2.56. The number of esters is 2. The number of anilines is 1. The van der Waals surface area contributed by atoms with Crippen molar-refractivity contribution in [3.8, 4) is 0 Å². The van der Waals surface area contributed by atoms with Crippen LogP contribution in [-0.2, 0) is 28.6 Å². The summed E-state index contributed by atoms with van der Waals surface area (Å²) in [5.41, 5.74) is 0.764. The van der Waals surface area contributed by atoms with Crippen LogP contribution in [0.25, 0.3) is 0 Å². The molecule has 1 saturated heterocycles. The van der Waals surface area contributed by atoms with Crippen molar-refractivity contribution in [3.05, 3.63) is 29.3 Å². The Morgan fingerprint density at radius 1 is 1.23 bits per heavy atom. The normalized spacial score (nSPS) is 17.7. The second-order valence-electron chi connectivity index (χ2n) is 8.49. The van der Waals surface area contributed by atoms with E-state index in [9.17, 15) is 19.2 Å². The zero-order chi connectivity index (χ0) is 23.5. The minimum absolute atomic E-state index is 0.113. The summed E-state index contributed by atoms with van der Waals surface area (Å²) in [5.74, 6) is -2.35. The van der Waals surface area contributed by atoms with Crippen LogP contribution in [0.4, 0.5) is 5.69 Å². The van der Waals surface area contributed by atoms with E-state index in [4.69, 9.17) is 14.2 Å². The lowest BCUT2D eigenvalue weighted by Gasteiger charge is -2.36. The number of carbonyl (C=O) groups is 4. The Labute approximate surface area is 182 Å². The van der Waals surface area contributed by atoms with Gasteiger partial charge in [0.25, 0.3) is 11.8 Å². The van der Waals surface area contributed by atoms with Crippen LogP contribution >= 0.6 is 0 Å². The zero-order valence-electron chi connectivity index (χ0n) is 19.1. The molecular weight excluding hydrogens is 404 g/mol. The van der Waals surface area contributed by atoms with E-state index in [0.717, 1.165) is 6.92 Å². The molecule has 0 radical (unpaired) electrons. The molecule has 0 aromatic heterocycles. The number of hydrogen-bond acceptors (Lipinski definition) is 7. The van der Waals surface area contributed by atoms with Gasteiger partial charge in [-0.3, -0.25) is 14.4 Å². The van der Waals surface area contributed by atoms with E-state index in [2.05, 4.69) is 0 Å². The van der Waals surface area contributed by atoms with Crippen molar-refractivity contribution in [2.24, 2.45) is 0 Å². The Balaban J connectivity index is 2.39. The molecule has 1 aliphatic rings. The fraction of sp³-hybridized carbons (Fsp3) is 0.545. The first-order valence-electron chi connectivity index (χ1n) is 9.98. The van der Waals surface area contributed by atoms with Crippen molar-refractivity contribution in [3.63, 3.8) is 0 Å². The lowest BCUT2D eigenvalue weighted by molar-refractivity contribution is -0.188. The highest BCUT2D eigenvalue weighted by atomic mass is 16.6. The average Bonchev–Trinajstić information content (AvgIpc) is 2.65. The third kappa shape index (κ3) is 5.81. The Bertz CT molecular complexity index is 873. The van der Waals surface area contributed by atoms with Gasteiger partial charge in [0, 0.05) is 38.8 Å². The second-order valence-corrected chi connectivity index (χ2v) is 8.49. The molecule has 1 heterocycles. The largest absolute Gasteiger partial charge is 0.457 e. The molecular formula is C22H30N2O7. The molecule has 1 fully saturated rings. The van der Waals surface area contributed by atoms with Crippen molar-refractivity contribution < 1.29 is 33.4 Å². The van der Waals surface area contributed by atoms with Crippen molar-refractivity contribution in [2.45, 2.75) is 52.4 Å². The summed E-state index contributed by atoms with van der Waals surface area (Å²) in [6.07, 6.45) is -2.90. The Morgan fingerprint density at radius 2 is 1.87 bits per heavy atom. The highest BCUT2D eigenvalue weighted by molar-refractivity contribution is 6.03. The van der Waals surface area contributed by atoms with Crippen LogP contribution in [0, 0.1) is 6.92 Å². The van der Waals surface area contributed by atoms with Gasteiger partial charge in [-0.25, -0.2) is 4.79 Å². The molecule has 0 bridgehead atoms. The first kappa shape index (κ1) is 24.3. The van der Waals surface area contributed by atoms with Crippen molar-refractivity contribution >= 4 is 29.4 Å². The van der Waals surface area contributed by atoms with Gasteiger partial charge in [0.1, 0.15) is 5.60 Å². The molecule has 2 rings (SSSR count). The van der Waals surface area contributed by atoms with E-state index in [1.807, 2.05) is 0 Å². The third-order valence-corrected chi connectivity index (χ3v) is 4.56. The Morgan fingerprint density at radius 3 is 2.42 bits per heavy atom. The minimum Gasteiger partial charge on any atom is -0.457 e. The first-order valence-corrected chi connectivity index (χ1v) is 9.98. The highest BCUT2D eigenvalue weighted by Crippen LogP contribution is 2.28. The predicted octanol–water partition coefficient (Wildman–Crippen LogP) is 1.70. The maximum absolute atomic E-state index is 13.3. The van der Waals surface area contributed by atoms with Crippen LogP contribution in [0.15, 0.2) is 18.2 Å². The zero-order valence-corrected chi connectivity index (χ0v) is 19.1. The van der Waals surface area contributed by atoms with Gasteiger partial charge in [0.05, 0.1) is 6.61 Å². The van der Waals surface area contributed by atoms with Gasteiger partial charge in [-0.15, -0.1) is 0 Å². The van der Waals surface area contributed by atoms with Crippen LogP contribution in [0.5, 0.6) is 0 Å². The summed E-state index contributed by atoms with van der Waals surface area (Å²) in [4.78, 5) is 52.9. The van der Waals surface area contributed by atoms with Gasteiger partial charge >= 0.3 is 11.9 Å². The van der Waals surface area contributed by atoms with Gasteiger partial charge in [-0.05, 0) is 45.4 Å². The van der Waals surface area contributed by atoms with Crippen molar-refractivity contribution in [1.82, 2.24) is 4.90 Å². The van der Waals surface area contributed by atoms with E-state index >= 15 is 0 Å². The molecule has 2 amide bonds. The van der Waals surface area contributed by atoms with E-state index in [0.29, 0.717) is 16.8 Å². The Hall–Kier alpha value is -2.94. The number of amides is 2. The number of hydrogen-bond donors (Lipinski definition) is 0. The Kier molecular flexibility index (Phi) is 7.43. The topological polar surface area (TPSA) is 102 Å². The van der Waals surface area contributed by atoms with Crippen LogP contribution in [0.2, 0.25) is 0 Å². The maximum atomic E-state index is 13.3. The first-order chi connectivity index (χ1) is 14.3. The van der Waals surface area contributed by atoms with Gasteiger partial charge in [-0.2, -0.15) is 0 Å². The smallest absolute Gasteiger partial charge is 0.351 e. The van der Waals surface area contributed by atoms with E-state index in [1.54, 1.807) is 60.0 Å². The van der Waals surface area contributed by atoms with Gasteiger partial charge in [0.2, 0.25) is 6.10 Å². The van der Waals surface area contributed by atoms with Crippen molar-refractivity contribution in [1.29, 1.82) is 0 Å². The van der Waals surface area contributed by atoms with Crippen LogP contribution < -0.4 is 4.90 Å². The highest BCUT2D eigenvalue weighted by Gasteiger charge is 2.44. The molecule has 170 valence electrons. The number of carbonyl (C=O) groups excluding carboxylic acids is 4. The molecule has 31 heavy (non-hydrogen) atoms. The molecule has 0 saturated carbocycles. The number of ether oxygens (including phenoxy) is 3. The minimum atomic E-state index is -1.54. The average molecular weight is 434 g/mol. The van der Waals surface area contributed by atoms with Crippen LogP contribution in [0.3, 0.4) is 0 Å². The number of nitrogens with zero attached hydrogens (tertiary/aromatic N) is 2. The number of benzene rings is 1. The molecule has 9 nitrogen and oxygen atoms in total. The monoisotopic (exact) mass is 434 g/mol. The molecule has 0 aliphatic carbocycles. The van der Waals surface area contributed by atoms with Gasteiger partial charge in [-0.1, -0.05) is 6.07 Å². The molecule has 2 atom stereocenters. The van der Waals surface area contributed by atoms with Crippen LogP contribution in [-0.4, -0.2) is 73.7 Å². The summed E-state index contributed by atoms with van der Waals surface area (Å²) in [5, 5.41) is 0. The summed E-state index contributed by atoms with van der Waals surface area (Å²) in [6, 6.07) is 5.09. The van der Waals surface area contributed by atoms with E-state index in [1.165, 1.54) is 9.80 Å². The second kappa shape index (κ2) is 9.47. The molecule has 1 aromatic carbocycles. The SMILES string of the molecule is CC(=O)O[C@@H](C(=O)OC(C)(C)C)[C@H]1OCCN(c2cccc(C(=O)N(C)C)c2C)C1=O. The molecule has 9 heteroatoms. The van der Waals surface area contributed by atoms with Gasteiger partial charge < -0.3 is 24.0 Å². The fourth-order valence-corrected chi connectivity index (χ4v) is 3.22. The van der Waals surface area contributed by atoms with Crippen LogP contribution in [0.1, 0.15) is 43.6 Å². The maximum Gasteiger partial charge on any atom is 0.351 e. The summed E-state index contributed by atoms with van der Waals surface area (Å²) in [7, 11) is 3.30. The van der Waals surface area contributed by atoms with E-state index < -0.39 is 35.7 Å². The predicted molar refractivity (Wildman–Crippen MR) is 113 cm³/mol. The lowest BCUT2D eigenvalue weighted by atomic mass is 10.0. The quantitative estimate of drug-likeness (QED) is 0.650. The van der Waals surface area contributed by atoms with Crippen molar-refractivity contribution in [2.75, 3.05) is 32.1 Å². The molecule has 0 N–H and O–H groups in total. The molecule has 0 spiro atoms. The summed E-state index contributed by atoms with van der Waals surface area (Å²) in [6.45, 7) is 8.23. The third-order valence-electron chi connectivity index (χ3n) is 4.56. The van der Waals surface area contributed by atoms with E-state index in [-0.39, 0.29) is 19.1 Å². The molecule has 1 aliphatic heterocycles. The van der Waals surface area contributed by atoms with Gasteiger partial charge in [0.15, 0.2) is 6.10 Å². The summed E-state index contributed by atoms with van der Waals surface area (Å²) < 4.78 is 16.0. The standard InChI is InChI=1S/C22H30N2O7/c1-13-15(19(26)23(6)7)9-8-10-16(13)24-11-12-29-17(20(24)27)18(30-14(2)25)21(28)31-22(3,4)5/h8-10,17-18H,11-12H2,1-7H3/t17-,18-/m1/s1. The molecule has 1 aromatic rings. The summed E-state index contributed by atoms with van der Waals surface area (Å²) >= 11 is 0. The molecule has 0 unspecified atom stereocenters. The number of morpholine rings is 1. The number of rotatable bonds is 5.